The molecule has 0 spiro atoms. The number of hydrogen-bond acceptors (Lipinski definition) is 7. The number of likely N-dealkylation sites (N-methyl/N-ethyl adjacent to an activating group) is 2. The molecule has 1 aliphatic rings. The number of hydrazine groups is 1. The van der Waals surface area contributed by atoms with Crippen molar-refractivity contribution in [2.24, 2.45) is 0 Å². The van der Waals surface area contributed by atoms with Gasteiger partial charge in [-0.2, -0.15) is 0 Å². The summed E-state index contributed by atoms with van der Waals surface area (Å²) in [6, 6.07) is 9.77. The third-order valence-corrected chi connectivity index (χ3v) is 7.05. The molecule has 228 valence electrons. The van der Waals surface area contributed by atoms with E-state index in [0.717, 1.165) is 16.7 Å². The van der Waals surface area contributed by atoms with Crippen LogP contribution in [0.2, 0.25) is 0 Å². The number of benzene rings is 2. The Hall–Kier alpha value is -3.83. The van der Waals surface area contributed by atoms with Gasteiger partial charge in [0.2, 0.25) is 5.91 Å². The van der Waals surface area contributed by atoms with E-state index >= 15 is 0 Å². The lowest BCUT2D eigenvalue weighted by Crippen LogP contribution is -2.48. The van der Waals surface area contributed by atoms with E-state index in [1.165, 1.54) is 33.9 Å². The van der Waals surface area contributed by atoms with E-state index in [9.17, 15) is 23.6 Å². The molecule has 1 N–H and O–H groups in total. The largest absolute Gasteiger partial charge is 0.444 e. The second-order valence-electron chi connectivity index (χ2n) is 11.4. The summed E-state index contributed by atoms with van der Waals surface area (Å²) >= 11 is 0. The lowest BCUT2D eigenvalue weighted by molar-refractivity contribution is -0.145. The highest BCUT2D eigenvalue weighted by atomic mass is 19.1. The number of amides is 3. The van der Waals surface area contributed by atoms with Gasteiger partial charge in [0.1, 0.15) is 11.4 Å². The summed E-state index contributed by atoms with van der Waals surface area (Å²) in [4.78, 5) is 54.3. The Morgan fingerprint density at radius 3 is 2.29 bits per heavy atom. The van der Waals surface area contributed by atoms with Crippen LogP contribution in [0.1, 0.15) is 61.7 Å². The molecule has 0 radical (unpaired) electrons. The van der Waals surface area contributed by atoms with Crippen LogP contribution in [0.4, 0.5) is 14.9 Å². The Morgan fingerprint density at radius 2 is 1.64 bits per heavy atom. The van der Waals surface area contributed by atoms with Gasteiger partial charge >= 0.3 is 6.09 Å². The highest BCUT2D eigenvalue weighted by Gasteiger charge is 2.27. The molecule has 0 bridgehead atoms. The quantitative estimate of drug-likeness (QED) is 0.400. The molecule has 2 aromatic rings. The van der Waals surface area contributed by atoms with E-state index in [1.807, 2.05) is 18.9 Å². The standard InChI is InChI=1S/C31H42FN5O5/c1-8-35(30(41)42-31(4,5)6)13-14-37(27-16-23(22(3)38)10-9-21(27)2)29(40)18-33-17-28(39)34(7)36-19-24-11-12-26(32)15-25(24)20-36/h9-12,15-16,33H,8,13-14,17-20H2,1-7H3. The second-order valence-corrected chi connectivity index (χ2v) is 11.4. The number of halogens is 1. The molecule has 0 aromatic heterocycles. The van der Waals surface area contributed by atoms with Crippen molar-refractivity contribution in [3.63, 3.8) is 0 Å². The van der Waals surface area contributed by atoms with E-state index in [0.29, 0.717) is 30.9 Å². The summed E-state index contributed by atoms with van der Waals surface area (Å²) in [5.74, 6) is -1.02. The van der Waals surface area contributed by atoms with Crippen molar-refractivity contribution < 1.29 is 28.3 Å². The minimum atomic E-state index is -0.663. The number of carbonyl (C=O) groups is 4. The van der Waals surface area contributed by atoms with E-state index in [1.54, 1.807) is 52.1 Å². The fourth-order valence-electron chi connectivity index (χ4n) is 4.63. The molecule has 0 unspecified atom stereocenters. The van der Waals surface area contributed by atoms with Gasteiger partial charge in [0.05, 0.1) is 13.1 Å². The molecule has 3 rings (SSSR count). The third-order valence-electron chi connectivity index (χ3n) is 7.05. The SMILES string of the molecule is CCN(CCN(C(=O)CNCC(=O)N(C)N1Cc2ccc(F)cc2C1)c1cc(C(C)=O)ccc1C)C(=O)OC(C)(C)C. The van der Waals surface area contributed by atoms with Gasteiger partial charge in [-0.25, -0.2) is 14.2 Å². The minimum absolute atomic E-state index is 0.0945. The molecular weight excluding hydrogens is 541 g/mol. The molecule has 0 aliphatic carbocycles. The first kappa shape index (κ1) is 32.7. The van der Waals surface area contributed by atoms with Crippen LogP contribution in [0.25, 0.3) is 0 Å². The number of ketones is 1. The summed E-state index contributed by atoms with van der Waals surface area (Å²) in [6.07, 6.45) is -0.481. The average molecular weight is 584 g/mol. The molecule has 2 aromatic carbocycles. The van der Waals surface area contributed by atoms with E-state index in [-0.39, 0.29) is 49.6 Å². The number of ether oxygens (including phenoxy) is 1. The van der Waals surface area contributed by atoms with Crippen LogP contribution in [-0.2, 0) is 27.4 Å². The van der Waals surface area contributed by atoms with E-state index in [2.05, 4.69) is 5.32 Å². The molecule has 42 heavy (non-hydrogen) atoms. The van der Waals surface area contributed by atoms with Crippen molar-refractivity contribution >= 4 is 29.4 Å². The van der Waals surface area contributed by atoms with Gasteiger partial charge < -0.3 is 14.5 Å². The number of aryl methyl sites for hydroxylation is 1. The first-order valence-corrected chi connectivity index (χ1v) is 14.1. The monoisotopic (exact) mass is 583 g/mol. The van der Waals surface area contributed by atoms with Gasteiger partial charge in [-0.3, -0.25) is 24.7 Å². The number of anilines is 1. The van der Waals surface area contributed by atoms with Crippen molar-refractivity contribution in [1.82, 2.24) is 20.2 Å². The smallest absolute Gasteiger partial charge is 0.410 e. The van der Waals surface area contributed by atoms with Crippen LogP contribution in [-0.4, -0.2) is 84.0 Å². The Morgan fingerprint density at radius 1 is 0.976 bits per heavy atom. The van der Waals surface area contributed by atoms with Gasteiger partial charge in [0.25, 0.3) is 5.91 Å². The lowest BCUT2D eigenvalue weighted by atomic mass is 10.1. The number of rotatable bonds is 11. The maximum absolute atomic E-state index is 13.6. The predicted molar refractivity (Wildman–Crippen MR) is 158 cm³/mol. The van der Waals surface area contributed by atoms with Gasteiger partial charge in [0.15, 0.2) is 5.78 Å². The molecule has 0 saturated heterocycles. The molecule has 3 amide bonds. The fourth-order valence-corrected chi connectivity index (χ4v) is 4.63. The van der Waals surface area contributed by atoms with Crippen LogP contribution in [0.15, 0.2) is 36.4 Å². The van der Waals surface area contributed by atoms with Crippen molar-refractivity contribution in [2.75, 3.05) is 44.7 Å². The summed E-state index contributed by atoms with van der Waals surface area (Å²) in [7, 11) is 1.65. The Balaban J connectivity index is 1.68. The van der Waals surface area contributed by atoms with Crippen molar-refractivity contribution in [3.8, 4) is 0 Å². The molecule has 0 fully saturated rings. The predicted octanol–water partition coefficient (Wildman–Crippen LogP) is 3.91. The Labute approximate surface area is 247 Å². The summed E-state index contributed by atoms with van der Waals surface area (Å²) in [6.45, 7) is 11.9. The maximum atomic E-state index is 13.6. The van der Waals surface area contributed by atoms with Crippen molar-refractivity contribution in [1.29, 1.82) is 0 Å². The normalized spacial score (nSPS) is 13.0. The topological polar surface area (TPSA) is 103 Å². The van der Waals surface area contributed by atoms with Crippen LogP contribution in [0, 0.1) is 12.7 Å². The van der Waals surface area contributed by atoms with Gasteiger partial charge in [-0.1, -0.05) is 18.2 Å². The van der Waals surface area contributed by atoms with Crippen LogP contribution < -0.4 is 10.2 Å². The summed E-state index contributed by atoms with van der Waals surface area (Å²) in [5.41, 5.74) is 2.94. The van der Waals surface area contributed by atoms with Crippen LogP contribution >= 0.6 is 0 Å². The van der Waals surface area contributed by atoms with Gasteiger partial charge in [0, 0.05) is 51.0 Å². The van der Waals surface area contributed by atoms with Crippen LogP contribution in [0.3, 0.4) is 0 Å². The highest BCUT2D eigenvalue weighted by molar-refractivity contribution is 5.99. The van der Waals surface area contributed by atoms with E-state index in [4.69, 9.17) is 4.74 Å². The number of fused-ring (bicyclic) bond motifs is 1. The number of hydrogen-bond donors (Lipinski definition) is 1. The summed E-state index contributed by atoms with van der Waals surface area (Å²) in [5, 5.41) is 6.23. The van der Waals surface area contributed by atoms with Gasteiger partial charge in [-0.15, -0.1) is 0 Å². The molecule has 0 saturated carbocycles. The number of nitrogens with zero attached hydrogens (tertiary/aromatic N) is 4. The average Bonchev–Trinajstić information content (AvgIpc) is 3.33. The van der Waals surface area contributed by atoms with E-state index < -0.39 is 11.7 Å². The highest BCUT2D eigenvalue weighted by Crippen LogP contribution is 2.25. The molecule has 11 heteroatoms. The van der Waals surface area contributed by atoms with Crippen LogP contribution in [0.5, 0.6) is 0 Å². The molecule has 1 aliphatic heterocycles. The number of Topliss-reactive ketones (excluding diaryl/α,β-unsaturated/α-hetero) is 1. The molecular formula is C31H42FN5O5. The van der Waals surface area contributed by atoms with Crippen molar-refractivity contribution in [2.45, 2.75) is 60.2 Å². The molecule has 10 nitrogen and oxygen atoms in total. The lowest BCUT2D eigenvalue weighted by Gasteiger charge is -2.30. The zero-order chi connectivity index (χ0) is 31.2. The third kappa shape index (κ3) is 8.59. The molecule has 1 heterocycles. The first-order chi connectivity index (χ1) is 19.7. The fraction of sp³-hybridized carbons (Fsp3) is 0.484. The zero-order valence-corrected chi connectivity index (χ0v) is 25.6. The Bertz CT molecular complexity index is 1330. The maximum Gasteiger partial charge on any atom is 0.410 e. The van der Waals surface area contributed by atoms with Crippen molar-refractivity contribution in [3.05, 3.63) is 64.5 Å². The number of carbonyl (C=O) groups excluding carboxylic acids is 4. The second kappa shape index (κ2) is 13.9. The summed E-state index contributed by atoms with van der Waals surface area (Å²) < 4.78 is 19.1. The molecule has 0 atom stereocenters. The minimum Gasteiger partial charge on any atom is -0.444 e. The first-order valence-electron chi connectivity index (χ1n) is 14.1. The van der Waals surface area contributed by atoms with Gasteiger partial charge in [-0.05, 0) is 76.4 Å². The Kier molecular flexibility index (Phi) is 10.8. The number of nitrogens with one attached hydrogen (secondary N) is 1. The zero-order valence-electron chi connectivity index (χ0n) is 25.6.